The monoisotopic (exact) mass is 461 g/mol. The highest BCUT2D eigenvalue weighted by Crippen LogP contribution is 2.37. The van der Waals surface area contributed by atoms with E-state index in [1.807, 2.05) is 6.92 Å². The number of carbonyl (C=O) groups is 2. The van der Waals surface area contributed by atoms with Crippen LogP contribution in [0.25, 0.3) is 6.08 Å². The van der Waals surface area contributed by atoms with Gasteiger partial charge in [-0.2, -0.15) is 0 Å². The Balaban J connectivity index is 1.82. The number of ether oxygens (including phenoxy) is 3. The van der Waals surface area contributed by atoms with Crippen LogP contribution in [0.5, 0.6) is 11.5 Å². The van der Waals surface area contributed by atoms with Gasteiger partial charge in [-0.15, -0.1) is 0 Å². The lowest BCUT2D eigenvalue weighted by Gasteiger charge is -2.14. The van der Waals surface area contributed by atoms with E-state index < -0.39 is 11.8 Å². The summed E-state index contributed by atoms with van der Waals surface area (Å²) in [5, 5.41) is 0. The van der Waals surface area contributed by atoms with E-state index in [1.54, 1.807) is 37.3 Å². The standard InChI is InChI=1S/C22H20FNO5S2/c1-3-27-18-10-14(8-9-17(18)29-13-20(25)28-4-2)11-19-21(26)24(22(30)31-19)16-7-5-6-15(23)12-16/h5-12H,3-4,13H2,1-2H3/b19-11+. The highest BCUT2D eigenvalue weighted by molar-refractivity contribution is 8.27. The van der Waals surface area contributed by atoms with E-state index in [0.29, 0.717) is 38.6 Å². The van der Waals surface area contributed by atoms with E-state index in [2.05, 4.69) is 0 Å². The second kappa shape index (κ2) is 10.4. The molecule has 0 bridgehead atoms. The van der Waals surface area contributed by atoms with Crippen molar-refractivity contribution in [1.82, 2.24) is 0 Å². The first-order valence-electron chi connectivity index (χ1n) is 9.51. The molecule has 0 saturated carbocycles. The normalized spacial score (nSPS) is 14.8. The predicted molar refractivity (Wildman–Crippen MR) is 122 cm³/mol. The topological polar surface area (TPSA) is 65.1 Å². The van der Waals surface area contributed by atoms with Crippen LogP contribution in [0.15, 0.2) is 47.4 Å². The fourth-order valence-corrected chi connectivity index (χ4v) is 4.10. The Hall–Kier alpha value is -2.91. The number of esters is 1. The molecule has 0 N–H and O–H groups in total. The Morgan fingerprint density at radius 3 is 2.65 bits per heavy atom. The molecule has 1 saturated heterocycles. The van der Waals surface area contributed by atoms with E-state index >= 15 is 0 Å². The van der Waals surface area contributed by atoms with Gasteiger partial charge in [-0.25, -0.2) is 9.18 Å². The lowest BCUT2D eigenvalue weighted by atomic mass is 10.1. The number of hydrogen-bond acceptors (Lipinski definition) is 7. The Morgan fingerprint density at radius 1 is 1.13 bits per heavy atom. The molecule has 1 heterocycles. The third-order valence-electron chi connectivity index (χ3n) is 4.08. The second-order valence-electron chi connectivity index (χ2n) is 6.23. The fraction of sp³-hybridized carbons (Fsp3) is 0.227. The minimum atomic E-state index is -0.477. The van der Waals surface area contributed by atoms with Crippen molar-refractivity contribution in [3.63, 3.8) is 0 Å². The SMILES string of the molecule is CCOC(=O)COc1ccc(/C=C2/SC(=S)N(c3cccc(F)c3)C2=O)cc1OCC. The highest BCUT2D eigenvalue weighted by atomic mass is 32.2. The van der Waals surface area contributed by atoms with Gasteiger partial charge < -0.3 is 14.2 Å². The summed E-state index contributed by atoms with van der Waals surface area (Å²) in [4.78, 5) is 26.1. The van der Waals surface area contributed by atoms with Crippen molar-refractivity contribution in [1.29, 1.82) is 0 Å². The number of halogens is 1. The summed E-state index contributed by atoms with van der Waals surface area (Å²) in [5.41, 5.74) is 1.07. The summed E-state index contributed by atoms with van der Waals surface area (Å²) in [6.07, 6.45) is 1.68. The average molecular weight is 462 g/mol. The lowest BCUT2D eigenvalue weighted by molar-refractivity contribution is -0.145. The molecule has 3 rings (SSSR count). The number of nitrogens with zero attached hydrogens (tertiary/aromatic N) is 1. The van der Waals surface area contributed by atoms with Crippen LogP contribution in [0.3, 0.4) is 0 Å². The first kappa shape index (κ1) is 22.8. The van der Waals surface area contributed by atoms with Crippen LogP contribution in [0.4, 0.5) is 10.1 Å². The molecule has 2 aromatic carbocycles. The summed E-state index contributed by atoms with van der Waals surface area (Å²) < 4.78 is 29.9. The third-order valence-corrected chi connectivity index (χ3v) is 5.38. The maximum Gasteiger partial charge on any atom is 0.344 e. The van der Waals surface area contributed by atoms with Crippen molar-refractivity contribution in [2.45, 2.75) is 13.8 Å². The Kier molecular flexibility index (Phi) is 7.64. The Morgan fingerprint density at radius 2 is 1.94 bits per heavy atom. The van der Waals surface area contributed by atoms with E-state index in [9.17, 15) is 14.0 Å². The van der Waals surface area contributed by atoms with E-state index in [0.717, 1.165) is 11.8 Å². The molecule has 1 aliphatic heterocycles. The van der Waals surface area contributed by atoms with Gasteiger partial charge >= 0.3 is 5.97 Å². The molecule has 6 nitrogen and oxygen atoms in total. The number of rotatable bonds is 8. The van der Waals surface area contributed by atoms with Crippen LogP contribution in [-0.2, 0) is 14.3 Å². The second-order valence-corrected chi connectivity index (χ2v) is 7.91. The van der Waals surface area contributed by atoms with E-state index in [1.165, 1.54) is 23.1 Å². The first-order chi connectivity index (χ1) is 14.9. The number of thioether (sulfide) groups is 1. The zero-order valence-corrected chi connectivity index (χ0v) is 18.6. The zero-order valence-electron chi connectivity index (χ0n) is 16.9. The first-order valence-corrected chi connectivity index (χ1v) is 10.7. The molecule has 9 heteroatoms. The third kappa shape index (κ3) is 5.62. The summed E-state index contributed by atoms with van der Waals surface area (Å²) >= 11 is 6.45. The summed E-state index contributed by atoms with van der Waals surface area (Å²) in [7, 11) is 0. The quantitative estimate of drug-likeness (QED) is 0.324. The average Bonchev–Trinajstić information content (AvgIpc) is 3.01. The van der Waals surface area contributed by atoms with Crippen LogP contribution < -0.4 is 14.4 Å². The molecule has 1 aliphatic rings. The summed E-state index contributed by atoms with van der Waals surface area (Å²) in [6.45, 7) is 3.97. The molecule has 0 unspecified atom stereocenters. The van der Waals surface area contributed by atoms with Crippen molar-refractivity contribution in [2.75, 3.05) is 24.7 Å². The molecule has 0 radical (unpaired) electrons. The van der Waals surface area contributed by atoms with Gasteiger partial charge in [0.2, 0.25) is 0 Å². The number of benzene rings is 2. The minimum absolute atomic E-state index is 0.237. The number of anilines is 1. The van der Waals surface area contributed by atoms with Crippen LogP contribution in [0.1, 0.15) is 19.4 Å². The maximum absolute atomic E-state index is 13.6. The van der Waals surface area contributed by atoms with Crippen molar-refractivity contribution in [3.8, 4) is 11.5 Å². The summed E-state index contributed by atoms with van der Waals surface area (Å²) in [6, 6.07) is 10.8. The van der Waals surface area contributed by atoms with Crippen molar-refractivity contribution in [3.05, 3.63) is 58.8 Å². The van der Waals surface area contributed by atoms with Gasteiger partial charge in [0, 0.05) is 0 Å². The van der Waals surface area contributed by atoms with Crippen LogP contribution in [-0.4, -0.2) is 36.0 Å². The van der Waals surface area contributed by atoms with E-state index in [4.69, 9.17) is 26.4 Å². The molecule has 31 heavy (non-hydrogen) atoms. The molecule has 0 aliphatic carbocycles. The predicted octanol–water partition coefficient (Wildman–Crippen LogP) is 4.57. The van der Waals surface area contributed by atoms with Crippen LogP contribution in [0, 0.1) is 5.82 Å². The van der Waals surface area contributed by atoms with Gasteiger partial charge in [0.25, 0.3) is 5.91 Å². The fourth-order valence-electron chi connectivity index (χ4n) is 2.80. The Labute approximate surface area is 189 Å². The van der Waals surface area contributed by atoms with Gasteiger partial charge in [-0.1, -0.05) is 36.1 Å². The number of hydrogen-bond donors (Lipinski definition) is 0. The maximum atomic E-state index is 13.6. The summed E-state index contributed by atoms with van der Waals surface area (Å²) in [5.74, 6) is -0.438. The largest absolute Gasteiger partial charge is 0.490 e. The highest BCUT2D eigenvalue weighted by Gasteiger charge is 2.33. The van der Waals surface area contributed by atoms with Gasteiger partial charge in [-0.3, -0.25) is 9.69 Å². The molecule has 0 atom stereocenters. The van der Waals surface area contributed by atoms with Crippen molar-refractivity contribution in [2.24, 2.45) is 0 Å². The van der Waals surface area contributed by atoms with E-state index in [-0.39, 0.29) is 19.1 Å². The van der Waals surface area contributed by atoms with Gasteiger partial charge in [0.05, 0.1) is 23.8 Å². The molecule has 1 amide bonds. The molecular formula is C22H20FNO5S2. The molecule has 0 aromatic heterocycles. The van der Waals surface area contributed by atoms with Gasteiger partial charge in [0.15, 0.2) is 22.4 Å². The van der Waals surface area contributed by atoms with Crippen LogP contribution in [0.2, 0.25) is 0 Å². The van der Waals surface area contributed by atoms with Gasteiger partial charge in [0.1, 0.15) is 5.82 Å². The molecule has 162 valence electrons. The smallest absolute Gasteiger partial charge is 0.344 e. The van der Waals surface area contributed by atoms with Crippen LogP contribution >= 0.6 is 24.0 Å². The molecule has 2 aromatic rings. The lowest BCUT2D eigenvalue weighted by Crippen LogP contribution is -2.27. The van der Waals surface area contributed by atoms with Crippen molar-refractivity contribution >= 4 is 51.9 Å². The minimum Gasteiger partial charge on any atom is -0.490 e. The number of thiocarbonyl (C=S) groups is 1. The molecular weight excluding hydrogens is 441 g/mol. The molecule has 0 spiro atoms. The number of carbonyl (C=O) groups excluding carboxylic acids is 2. The van der Waals surface area contributed by atoms with Gasteiger partial charge in [-0.05, 0) is 55.8 Å². The van der Waals surface area contributed by atoms with Crippen molar-refractivity contribution < 1.29 is 28.2 Å². The molecule has 1 fully saturated rings. The number of amides is 1. The Bertz CT molecular complexity index is 1040. The zero-order chi connectivity index (χ0) is 22.4.